The van der Waals surface area contributed by atoms with Crippen LogP contribution < -0.4 is 10.6 Å². The molecule has 7 heteroatoms. The van der Waals surface area contributed by atoms with E-state index in [1.807, 2.05) is 36.4 Å². The van der Waals surface area contributed by atoms with Crippen LogP contribution in [0.4, 0.5) is 5.82 Å². The molecule has 0 atom stereocenters. The molecule has 2 N–H and O–H groups in total. The molecule has 7 nitrogen and oxygen atoms in total. The number of likely N-dealkylation sites (tertiary alicyclic amines) is 1. The monoisotopic (exact) mass is 397 g/mol. The van der Waals surface area contributed by atoms with Gasteiger partial charge in [-0.25, -0.2) is 4.68 Å². The second kappa shape index (κ2) is 8.78. The van der Waals surface area contributed by atoms with Crippen molar-refractivity contribution in [3.63, 3.8) is 0 Å². The Balaban J connectivity index is 1.69. The van der Waals surface area contributed by atoms with Crippen LogP contribution in [0.3, 0.4) is 0 Å². The Morgan fingerprint density at radius 2 is 1.79 bits per heavy atom. The lowest BCUT2D eigenvalue weighted by atomic mass is 9.92. The molecule has 1 saturated heterocycles. The number of rotatable bonds is 5. The van der Waals surface area contributed by atoms with Crippen LogP contribution in [0, 0.1) is 5.92 Å². The van der Waals surface area contributed by atoms with Gasteiger partial charge in [-0.05, 0) is 38.1 Å². The summed E-state index contributed by atoms with van der Waals surface area (Å²) >= 11 is 0. The Labute approximate surface area is 172 Å². The van der Waals surface area contributed by atoms with E-state index in [1.165, 1.54) is 0 Å². The van der Waals surface area contributed by atoms with E-state index in [9.17, 15) is 9.59 Å². The van der Waals surface area contributed by atoms with E-state index in [0.29, 0.717) is 12.4 Å². The SMILES string of the molecule is CNC(=O)C1CCN(CC(=O)Nc2cc(C(C)(C)C)nn2-c2ccccc2)CC1. The Hall–Kier alpha value is -2.67. The first kappa shape index (κ1) is 21.0. The maximum absolute atomic E-state index is 12.7. The van der Waals surface area contributed by atoms with E-state index in [2.05, 4.69) is 36.3 Å². The van der Waals surface area contributed by atoms with Crippen LogP contribution in [0.15, 0.2) is 36.4 Å². The third-order valence-corrected chi connectivity index (χ3v) is 5.32. The summed E-state index contributed by atoms with van der Waals surface area (Å²) in [5, 5.41) is 10.5. The maximum atomic E-state index is 12.7. The molecule has 3 rings (SSSR count). The Morgan fingerprint density at radius 1 is 1.14 bits per heavy atom. The summed E-state index contributed by atoms with van der Waals surface area (Å²) in [6.45, 7) is 8.12. The molecule has 1 aromatic heterocycles. The second-order valence-electron chi connectivity index (χ2n) is 8.63. The molecule has 29 heavy (non-hydrogen) atoms. The molecule has 0 spiro atoms. The summed E-state index contributed by atoms with van der Waals surface area (Å²) in [7, 11) is 1.67. The highest BCUT2D eigenvalue weighted by atomic mass is 16.2. The minimum absolute atomic E-state index is 0.0492. The second-order valence-corrected chi connectivity index (χ2v) is 8.63. The van der Waals surface area contributed by atoms with Crippen LogP contribution >= 0.6 is 0 Å². The van der Waals surface area contributed by atoms with Gasteiger partial charge in [-0.15, -0.1) is 0 Å². The molecule has 2 aromatic rings. The predicted octanol–water partition coefficient (Wildman–Crippen LogP) is 2.57. The van der Waals surface area contributed by atoms with Gasteiger partial charge in [0.1, 0.15) is 5.82 Å². The highest BCUT2D eigenvalue weighted by molar-refractivity contribution is 5.91. The van der Waals surface area contributed by atoms with Crippen molar-refractivity contribution in [2.45, 2.75) is 39.0 Å². The van der Waals surface area contributed by atoms with Gasteiger partial charge in [-0.3, -0.25) is 14.5 Å². The van der Waals surface area contributed by atoms with Crippen LogP contribution in [0.1, 0.15) is 39.3 Å². The first-order valence-corrected chi connectivity index (χ1v) is 10.2. The van der Waals surface area contributed by atoms with Crippen molar-refractivity contribution in [1.29, 1.82) is 0 Å². The average Bonchev–Trinajstić information content (AvgIpc) is 3.12. The van der Waals surface area contributed by atoms with Gasteiger partial charge in [-0.2, -0.15) is 5.10 Å². The normalized spacial score (nSPS) is 15.9. The summed E-state index contributed by atoms with van der Waals surface area (Å²) < 4.78 is 1.79. The number of nitrogens with one attached hydrogen (secondary N) is 2. The van der Waals surface area contributed by atoms with Gasteiger partial charge in [0.25, 0.3) is 0 Å². The van der Waals surface area contributed by atoms with E-state index < -0.39 is 0 Å². The van der Waals surface area contributed by atoms with E-state index in [0.717, 1.165) is 37.3 Å². The lowest BCUT2D eigenvalue weighted by Gasteiger charge is -2.30. The fraction of sp³-hybridized carbons (Fsp3) is 0.500. The Kier molecular flexibility index (Phi) is 6.37. The highest BCUT2D eigenvalue weighted by Gasteiger charge is 2.26. The number of carbonyl (C=O) groups is 2. The maximum Gasteiger partial charge on any atom is 0.239 e. The third-order valence-electron chi connectivity index (χ3n) is 5.32. The zero-order valence-electron chi connectivity index (χ0n) is 17.7. The molecule has 2 heterocycles. The van der Waals surface area contributed by atoms with Crippen molar-refractivity contribution >= 4 is 17.6 Å². The van der Waals surface area contributed by atoms with Gasteiger partial charge >= 0.3 is 0 Å². The molecule has 2 amide bonds. The molecule has 0 saturated carbocycles. The number of nitrogens with zero attached hydrogens (tertiary/aromatic N) is 3. The summed E-state index contributed by atoms with van der Waals surface area (Å²) in [6.07, 6.45) is 1.56. The Morgan fingerprint density at radius 3 is 2.38 bits per heavy atom. The molecular weight excluding hydrogens is 366 g/mol. The first-order chi connectivity index (χ1) is 13.8. The van der Waals surface area contributed by atoms with Crippen molar-refractivity contribution in [2.75, 3.05) is 32.0 Å². The zero-order chi connectivity index (χ0) is 21.0. The lowest BCUT2D eigenvalue weighted by molar-refractivity contribution is -0.126. The average molecular weight is 398 g/mol. The summed E-state index contributed by atoms with van der Waals surface area (Å²) in [5.74, 6) is 0.746. The number of para-hydroxylation sites is 1. The van der Waals surface area contributed by atoms with Crippen LogP contribution in [0.5, 0.6) is 0 Å². The van der Waals surface area contributed by atoms with Gasteiger partial charge < -0.3 is 10.6 Å². The smallest absolute Gasteiger partial charge is 0.239 e. The van der Waals surface area contributed by atoms with Crippen molar-refractivity contribution in [2.24, 2.45) is 5.92 Å². The number of benzene rings is 1. The van der Waals surface area contributed by atoms with E-state index in [1.54, 1.807) is 11.7 Å². The minimum Gasteiger partial charge on any atom is -0.359 e. The number of anilines is 1. The van der Waals surface area contributed by atoms with E-state index in [4.69, 9.17) is 5.10 Å². The quantitative estimate of drug-likeness (QED) is 0.813. The number of hydrogen-bond acceptors (Lipinski definition) is 4. The fourth-order valence-corrected chi connectivity index (χ4v) is 3.55. The minimum atomic E-state index is -0.124. The van der Waals surface area contributed by atoms with Gasteiger partial charge in [0.2, 0.25) is 11.8 Å². The molecule has 156 valence electrons. The number of hydrogen-bond donors (Lipinski definition) is 2. The van der Waals surface area contributed by atoms with Crippen molar-refractivity contribution < 1.29 is 9.59 Å². The lowest BCUT2D eigenvalue weighted by Crippen LogP contribution is -2.42. The summed E-state index contributed by atoms with van der Waals surface area (Å²) in [6, 6.07) is 11.8. The van der Waals surface area contributed by atoms with E-state index in [-0.39, 0.29) is 23.1 Å². The molecule has 0 bridgehead atoms. The van der Waals surface area contributed by atoms with Crippen molar-refractivity contribution in [3.05, 3.63) is 42.1 Å². The largest absolute Gasteiger partial charge is 0.359 e. The summed E-state index contributed by atoms with van der Waals surface area (Å²) in [4.78, 5) is 26.6. The van der Waals surface area contributed by atoms with Gasteiger partial charge in [0.05, 0.1) is 17.9 Å². The van der Waals surface area contributed by atoms with E-state index >= 15 is 0 Å². The summed E-state index contributed by atoms with van der Waals surface area (Å²) in [5.41, 5.74) is 1.70. The first-order valence-electron chi connectivity index (χ1n) is 10.2. The number of carbonyl (C=O) groups excluding carboxylic acids is 2. The topological polar surface area (TPSA) is 79.3 Å². The van der Waals surface area contributed by atoms with Gasteiger partial charge in [0.15, 0.2) is 0 Å². The third kappa shape index (κ3) is 5.23. The molecule has 1 aliphatic heterocycles. The number of piperidine rings is 1. The number of amides is 2. The van der Waals surface area contributed by atoms with Crippen LogP contribution in [-0.2, 0) is 15.0 Å². The fourth-order valence-electron chi connectivity index (χ4n) is 3.55. The molecular formula is C22H31N5O2. The molecule has 0 radical (unpaired) electrons. The highest BCUT2D eigenvalue weighted by Crippen LogP contribution is 2.26. The van der Waals surface area contributed by atoms with Gasteiger partial charge in [-0.1, -0.05) is 39.0 Å². The predicted molar refractivity (Wildman–Crippen MR) is 114 cm³/mol. The van der Waals surface area contributed by atoms with Gasteiger partial charge in [0, 0.05) is 24.4 Å². The van der Waals surface area contributed by atoms with Crippen LogP contribution in [0.25, 0.3) is 5.69 Å². The van der Waals surface area contributed by atoms with Crippen LogP contribution in [0.2, 0.25) is 0 Å². The Bertz CT molecular complexity index is 846. The molecule has 0 unspecified atom stereocenters. The molecule has 0 aliphatic carbocycles. The van der Waals surface area contributed by atoms with Crippen LogP contribution in [-0.4, -0.2) is 53.2 Å². The standard InChI is InChI=1S/C22H31N5O2/c1-22(2,3)18-14-19(27(25-18)17-8-6-5-7-9-17)24-20(28)15-26-12-10-16(11-13-26)21(29)23-4/h5-9,14,16H,10-13,15H2,1-4H3,(H,23,29)(H,24,28). The zero-order valence-corrected chi connectivity index (χ0v) is 17.7. The molecule has 1 aliphatic rings. The van der Waals surface area contributed by atoms with Crippen molar-refractivity contribution in [3.8, 4) is 5.69 Å². The van der Waals surface area contributed by atoms with Crippen molar-refractivity contribution in [1.82, 2.24) is 20.0 Å². The molecule has 1 fully saturated rings. The molecule has 1 aromatic carbocycles. The number of aromatic nitrogens is 2.